The van der Waals surface area contributed by atoms with E-state index < -0.39 is 59.3 Å². The minimum absolute atomic E-state index is 0.0376. The number of aliphatic hydroxyl groups is 1. The van der Waals surface area contributed by atoms with Gasteiger partial charge in [-0.05, 0) is 47.5 Å². The zero-order valence-electron chi connectivity index (χ0n) is 19.6. The molecule has 0 amide bonds. The highest BCUT2D eigenvalue weighted by Crippen LogP contribution is 2.44. The Kier molecular flexibility index (Phi) is 8.97. The van der Waals surface area contributed by atoms with Crippen LogP contribution >= 0.6 is 11.6 Å². The summed E-state index contributed by atoms with van der Waals surface area (Å²) in [5.74, 6) is -5.79. The predicted molar refractivity (Wildman–Crippen MR) is 121 cm³/mol. The zero-order chi connectivity index (χ0) is 30.1. The van der Waals surface area contributed by atoms with Crippen LogP contribution in [-0.4, -0.2) is 30.1 Å². The Morgan fingerprint density at radius 1 is 0.750 bits per heavy atom. The molecule has 2 unspecified atom stereocenters. The van der Waals surface area contributed by atoms with Gasteiger partial charge in [-0.25, -0.2) is 0 Å². The molecule has 15 heteroatoms. The number of rotatable bonds is 8. The van der Waals surface area contributed by atoms with Crippen molar-refractivity contribution >= 4 is 11.6 Å². The molecule has 0 aliphatic rings. The lowest BCUT2D eigenvalue weighted by atomic mass is 9.95. The van der Waals surface area contributed by atoms with Gasteiger partial charge in [-0.15, -0.1) is 0 Å². The van der Waals surface area contributed by atoms with Crippen molar-refractivity contribution in [3.8, 4) is 11.5 Å². The normalized spacial score (nSPS) is 14.6. The molecule has 0 aliphatic carbocycles. The first-order valence-electron chi connectivity index (χ1n) is 11.0. The van der Waals surface area contributed by atoms with Crippen molar-refractivity contribution in [1.82, 2.24) is 5.32 Å². The standard InChI is InChI=1S/C25H17ClF11NO2/c26-19-8-7-17(11-18(19)23(29,30)31)40-16-6-2-4-14(10-16)21(38-12-20(39)24(32,33)34)13-3-1-5-15(9-13)22(27,28)25(35,36)37/h1-11,20-21,38-39H,12H2. The summed E-state index contributed by atoms with van der Waals surface area (Å²) in [5, 5.41) is 11.1. The first-order chi connectivity index (χ1) is 18.3. The monoisotopic (exact) mass is 607 g/mol. The molecule has 0 spiro atoms. The molecule has 3 rings (SSSR count). The van der Waals surface area contributed by atoms with Gasteiger partial charge in [0.15, 0.2) is 6.10 Å². The molecule has 0 aromatic heterocycles. The molecule has 2 N–H and O–H groups in total. The summed E-state index contributed by atoms with van der Waals surface area (Å²) in [7, 11) is 0. The Balaban J connectivity index is 2.02. The van der Waals surface area contributed by atoms with E-state index in [1.54, 1.807) is 0 Å². The van der Waals surface area contributed by atoms with Crippen molar-refractivity contribution in [3.63, 3.8) is 0 Å². The Bertz CT molecular complexity index is 1320. The van der Waals surface area contributed by atoms with E-state index in [-0.39, 0.29) is 22.6 Å². The van der Waals surface area contributed by atoms with Gasteiger partial charge in [-0.1, -0.05) is 41.9 Å². The topological polar surface area (TPSA) is 41.5 Å². The number of halogens is 12. The summed E-state index contributed by atoms with van der Waals surface area (Å²) in [6, 6.07) is 8.81. The van der Waals surface area contributed by atoms with Gasteiger partial charge < -0.3 is 15.2 Å². The summed E-state index contributed by atoms with van der Waals surface area (Å²) >= 11 is 5.58. The molecular weight excluding hydrogens is 591 g/mol. The molecular formula is C25H17ClF11NO2. The number of nitrogens with one attached hydrogen (secondary N) is 1. The summed E-state index contributed by atoms with van der Waals surface area (Å²) < 4.78 is 150. The van der Waals surface area contributed by atoms with Gasteiger partial charge in [-0.2, -0.15) is 48.3 Å². The molecule has 0 aliphatic heterocycles. The number of benzene rings is 3. The van der Waals surface area contributed by atoms with Crippen LogP contribution in [0.2, 0.25) is 5.02 Å². The molecule has 218 valence electrons. The Labute approximate surface area is 224 Å². The van der Waals surface area contributed by atoms with Crippen LogP contribution in [0.1, 0.15) is 28.3 Å². The first kappa shape index (κ1) is 31.4. The average Bonchev–Trinajstić information content (AvgIpc) is 2.84. The number of ether oxygens (including phenoxy) is 1. The van der Waals surface area contributed by atoms with Crippen LogP contribution < -0.4 is 10.1 Å². The maximum atomic E-state index is 14.0. The summed E-state index contributed by atoms with van der Waals surface area (Å²) in [4.78, 5) is 0. The second-order valence-electron chi connectivity index (χ2n) is 8.41. The van der Waals surface area contributed by atoms with Gasteiger partial charge in [0.25, 0.3) is 0 Å². The summed E-state index contributed by atoms with van der Waals surface area (Å²) in [6.45, 7) is -1.19. The Morgan fingerprint density at radius 3 is 1.90 bits per heavy atom. The second-order valence-corrected chi connectivity index (χ2v) is 8.82. The number of hydrogen-bond acceptors (Lipinski definition) is 3. The van der Waals surface area contributed by atoms with Crippen LogP contribution in [0.15, 0.2) is 66.7 Å². The molecule has 3 nitrogen and oxygen atoms in total. The van der Waals surface area contributed by atoms with Crippen molar-refractivity contribution in [2.24, 2.45) is 0 Å². The van der Waals surface area contributed by atoms with E-state index in [9.17, 15) is 53.4 Å². The maximum Gasteiger partial charge on any atom is 0.458 e. The second kappa shape index (κ2) is 11.4. The van der Waals surface area contributed by atoms with Crippen molar-refractivity contribution in [3.05, 3.63) is 94.0 Å². The third-order valence-corrected chi connectivity index (χ3v) is 5.83. The first-order valence-corrected chi connectivity index (χ1v) is 11.4. The third kappa shape index (κ3) is 7.34. The van der Waals surface area contributed by atoms with Crippen LogP contribution in [0, 0.1) is 0 Å². The Hall–Kier alpha value is -3.10. The average molecular weight is 608 g/mol. The van der Waals surface area contributed by atoms with Crippen molar-refractivity contribution < 1.29 is 58.1 Å². The molecule has 0 bridgehead atoms. The molecule has 0 saturated carbocycles. The summed E-state index contributed by atoms with van der Waals surface area (Å²) in [6.07, 6.45) is -18.8. The molecule has 3 aromatic carbocycles. The number of hydrogen-bond donors (Lipinski definition) is 2. The van der Waals surface area contributed by atoms with Crippen LogP contribution in [0.4, 0.5) is 48.3 Å². The lowest BCUT2D eigenvalue weighted by Gasteiger charge is -2.25. The number of alkyl halides is 11. The van der Waals surface area contributed by atoms with Crippen LogP contribution in [-0.2, 0) is 12.1 Å². The van der Waals surface area contributed by atoms with Gasteiger partial charge in [-0.3, -0.25) is 0 Å². The SMILES string of the molecule is OC(CNC(c1cccc(Oc2ccc(Cl)c(C(F)(F)F)c2)c1)c1cccc(C(F)(F)C(F)(F)F)c1)C(F)(F)F. The Morgan fingerprint density at radius 2 is 1.32 bits per heavy atom. The fourth-order valence-corrected chi connectivity index (χ4v) is 3.75. The van der Waals surface area contributed by atoms with E-state index in [0.29, 0.717) is 18.2 Å². The minimum atomic E-state index is -5.97. The van der Waals surface area contributed by atoms with Crippen molar-refractivity contribution in [2.75, 3.05) is 6.54 Å². The van der Waals surface area contributed by atoms with Gasteiger partial charge >= 0.3 is 24.5 Å². The molecule has 40 heavy (non-hydrogen) atoms. The molecule has 2 atom stereocenters. The quantitative estimate of drug-likeness (QED) is 0.253. The maximum absolute atomic E-state index is 14.0. The van der Waals surface area contributed by atoms with Gasteiger partial charge in [0.05, 0.1) is 16.6 Å². The van der Waals surface area contributed by atoms with Crippen molar-refractivity contribution in [2.45, 2.75) is 36.6 Å². The molecule has 0 fully saturated rings. The van der Waals surface area contributed by atoms with Crippen LogP contribution in [0.25, 0.3) is 0 Å². The summed E-state index contributed by atoms with van der Waals surface area (Å²) in [5.41, 5.74) is -3.08. The van der Waals surface area contributed by atoms with Crippen LogP contribution in [0.3, 0.4) is 0 Å². The smallest absolute Gasteiger partial charge is 0.457 e. The highest BCUT2D eigenvalue weighted by atomic mass is 35.5. The van der Waals surface area contributed by atoms with E-state index in [2.05, 4.69) is 5.32 Å². The lowest BCUT2D eigenvalue weighted by Crippen LogP contribution is -2.40. The van der Waals surface area contributed by atoms with Gasteiger partial charge in [0.2, 0.25) is 0 Å². The van der Waals surface area contributed by atoms with E-state index >= 15 is 0 Å². The highest BCUT2D eigenvalue weighted by Gasteiger charge is 2.58. The highest BCUT2D eigenvalue weighted by molar-refractivity contribution is 6.31. The van der Waals surface area contributed by atoms with Gasteiger partial charge in [0, 0.05) is 12.1 Å². The molecule has 0 saturated heterocycles. The zero-order valence-corrected chi connectivity index (χ0v) is 20.4. The molecule has 3 aromatic rings. The largest absolute Gasteiger partial charge is 0.458 e. The fraction of sp³-hybridized carbons (Fsp3) is 0.280. The third-order valence-electron chi connectivity index (χ3n) is 5.50. The fourth-order valence-electron chi connectivity index (χ4n) is 3.53. The minimum Gasteiger partial charge on any atom is -0.457 e. The van der Waals surface area contributed by atoms with E-state index in [1.807, 2.05) is 0 Å². The molecule has 0 heterocycles. The number of aliphatic hydroxyl groups excluding tert-OH is 1. The van der Waals surface area contributed by atoms with E-state index in [0.717, 1.165) is 30.3 Å². The van der Waals surface area contributed by atoms with Crippen molar-refractivity contribution in [1.29, 1.82) is 0 Å². The van der Waals surface area contributed by atoms with E-state index in [4.69, 9.17) is 16.3 Å². The van der Waals surface area contributed by atoms with E-state index in [1.165, 1.54) is 18.2 Å². The predicted octanol–water partition coefficient (Wildman–Crippen LogP) is 8.41. The van der Waals surface area contributed by atoms with Gasteiger partial charge in [0.1, 0.15) is 11.5 Å². The lowest BCUT2D eigenvalue weighted by molar-refractivity contribution is -0.289. The van der Waals surface area contributed by atoms with Crippen LogP contribution in [0.5, 0.6) is 11.5 Å². The molecule has 0 radical (unpaired) electrons.